The molecule has 0 saturated heterocycles. The molecule has 1 atom stereocenters. The normalized spacial score (nSPS) is 13.1. The van der Waals surface area contributed by atoms with E-state index in [0.717, 1.165) is 6.07 Å². The van der Waals surface area contributed by atoms with Gasteiger partial charge in [0.15, 0.2) is 17.6 Å². The first kappa shape index (κ1) is 18.4. The molecule has 0 unspecified atom stereocenters. The highest BCUT2D eigenvalue weighted by Gasteiger charge is 2.24. The van der Waals surface area contributed by atoms with E-state index in [1.54, 1.807) is 42.5 Å². The maximum atomic E-state index is 12.5. The monoisotopic (exact) mass is 395 g/mol. The predicted octanol–water partition coefficient (Wildman–Crippen LogP) is 3.16. The second kappa shape index (κ2) is 7.23. The van der Waals surface area contributed by atoms with Crippen LogP contribution in [0.15, 0.2) is 48.5 Å². The fourth-order valence-electron chi connectivity index (χ4n) is 2.99. The first-order valence-corrected chi connectivity index (χ1v) is 8.79. The Morgan fingerprint density at radius 3 is 2.55 bits per heavy atom. The van der Waals surface area contributed by atoms with E-state index in [4.69, 9.17) is 14.2 Å². The number of esters is 1. The van der Waals surface area contributed by atoms with Gasteiger partial charge in [0.05, 0.1) is 0 Å². The number of aromatic hydroxyl groups is 2. The Labute approximate surface area is 165 Å². The lowest BCUT2D eigenvalue weighted by atomic mass is 10.0. The van der Waals surface area contributed by atoms with Crippen LogP contribution < -0.4 is 14.8 Å². The van der Waals surface area contributed by atoms with Crippen LogP contribution in [0.1, 0.15) is 17.3 Å². The van der Waals surface area contributed by atoms with Gasteiger partial charge in [0.1, 0.15) is 17.1 Å². The first-order chi connectivity index (χ1) is 13.9. The van der Waals surface area contributed by atoms with Gasteiger partial charge in [-0.15, -0.1) is 0 Å². The number of phenols is 2. The summed E-state index contributed by atoms with van der Waals surface area (Å²) in [6.07, 6.45) is -1.15. The molecule has 1 aliphatic heterocycles. The summed E-state index contributed by atoms with van der Waals surface area (Å²) in [6.45, 7) is 1.51. The molecule has 0 saturated carbocycles. The number of carbonyl (C=O) groups is 2. The average Bonchev–Trinajstić information content (AvgIpc) is 3.18. The quantitative estimate of drug-likeness (QED) is 0.459. The van der Waals surface area contributed by atoms with E-state index < -0.39 is 18.0 Å². The summed E-state index contributed by atoms with van der Waals surface area (Å²) < 4.78 is 15.6. The minimum atomic E-state index is -1.15. The molecular formula is C21H17NO7. The molecule has 1 amide bonds. The highest BCUT2D eigenvalue weighted by molar-refractivity contribution is 6.04. The van der Waals surface area contributed by atoms with Gasteiger partial charge in [-0.25, -0.2) is 4.79 Å². The van der Waals surface area contributed by atoms with Gasteiger partial charge >= 0.3 is 5.97 Å². The number of fused-ring (bicyclic) bond motifs is 2. The number of amides is 1. The molecule has 0 radical (unpaired) electrons. The predicted molar refractivity (Wildman–Crippen MR) is 103 cm³/mol. The van der Waals surface area contributed by atoms with Crippen LogP contribution in [-0.4, -0.2) is 35.0 Å². The molecule has 1 heterocycles. The highest BCUT2D eigenvalue weighted by Crippen LogP contribution is 2.36. The maximum absolute atomic E-state index is 12.5. The third kappa shape index (κ3) is 3.47. The van der Waals surface area contributed by atoms with Crippen LogP contribution in [0.25, 0.3) is 10.8 Å². The lowest BCUT2D eigenvalue weighted by Crippen LogP contribution is -2.30. The zero-order valence-corrected chi connectivity index (χ0v) is 15.3. The second-order valence-electron chi connectivity index (χ2n) is 6.44. The number of rotatable bonds is 4. The highest BCUT2D eigenvalue weighted by atomic mass is 16.7. The van der Waals surface area contributed by atoms with Crippen LogP contribution in [0.2, 0.25) is 0 Å². The van der Waals surface area contributed by atoms with E-state index in [1.165, 1.54) is 6.92 Å². The third-order valence-electron chi connectivity index (χ3n) is 4.51. The van der Waals surface area contributed by atoms with Crippen molar-refractivity contribution >= 4 is 28.3 Å². The number of hydrogen-bond acceptors (Lipinski definition) is 7. The Hall–Kier alpha value is -3.94. The summed E-state index contributed by atoms with van der Waals surface area (Å²) in [4.78, 5) is 24.8. The van der Waals surface area contributed by atoms with Gasteiger partial charge in [-0.3, -0.25) is 4.79 Å². The minimum absolute atomic E-state index is 0.114. The van der Waals surface area contributed by atoms with Crippen LogP contribution in [0.5, 0.6) is 23.0 Å². The Bertz CT molecular complexity index is 1130. The topological polar surface area (TPSA) is 114 Å². The fourth-order valence-corrected chi connectivity index (χ4v) is 2.99. The molecule has 3 N–H and O–H groups in total. The molecule has 1 aliphatic rings. The molecule has 0 bridgehead atoms. The van der Waals surface area contributed by atoms with Gasteiger partial charge in [-0.05, 0) is 25.1 Å². The molecule has 0 fully saturated rings. The van der Waals surface area contributed by atoms with E-state index in [2.05, 4.69) is 5.32 Å². The van der Waals surface area contributed by atoms with Gasteiger partial charge < -0.3 is 29.7 Å². The molecule has 148 valence electrons. The minimum Gasteiger partial charge on any atom is -0.507 e. The molecular weight excluding hydrogens is 378 g/mol. The maximum Gasteiger partial charge on any atom is 0.342 e. The SMILES string of the molecule is C[C@H](OC(=O)c1cc(O)c2ccccc2c1O)C(=O)Nc1ccc2c(c1)OCO2. The first-order valence-electron chi connectivity index (χ1n) is 8.79. The number of benzene rings is 3. The Morgan fingerprint density at radius 1 is 1.03 bits per heavy atom. The van der Waals surface area contributed by atoms with Gasteiger partial charge in [-0.2, -0.15) is 0 Å². The van der Waals surface area contributed by atoms with Crippen molar-refractivity contribution in [3.8, 4) is 23.0 Å². The number of hydrogen-bond donors (Lipinski definition) is 3. The van der Waals surface area contributed by atoms with Crippen molar-refractivity contribution in [2.24, 2.45) is 0 Å². The van der Waals surface area contributed by atoms with Crippen LogP contribution in [-0.2, 0) is 9.53 Å². The smallest absolute Gasteiger partial charge is 0.342 e. The summed E-state index contributed by atoms with van der Waals surface area (Å²) in [5.74, 6) is -0.925. The summed E-state index contributed by atoms with van der Waals surface area (Å²) in [7, 11) is 0. The number of ether oxygens (including phenoxy) is 3. The summed E-state index contributed by atoms with van der Waals surface area (Å²) in [5, 5.41) is 23.8. The van der Waals surface area contributed by atoms with Gasteiger partial charge in [0.25, 0.3) is 5.91 Å². The van der Waals surface area contributed by atoms with E-state index in [-0.39, 0.29) is 23.9 Å². The standard InChI is InChI=1S/C21H17NO7/c1-11(20(25)22-12-6-7-17-18(8-12)28-10-27-17)29-21(26)15-9-16(23)13-4-2-3-5-14(13)19(15)24/h2-9,11,23-24H,10H2,1H3,(H,22,25)/t11-/m0/s1. The molecule has 0 aromatic heterocycles. The summed E-state index contributed by atoms with van der Waals surface area (Å²) in [6, 6.07) is 12.5. The van der Waals surface area contributed by atoms with E-state index in [9.17, 15) is 19.8 Å². The van der Waals surface area contributed by atoms with Crippen molar-refractivity contribution in [3.63, 3.8) is 0 Å². The molecule has 8 nitrogen and oxygen atoms in total. The summed E-state index contributed by atoms with van der Waals surface area (Å²) >= 11 is 0. The van der Waals surface area contributed by atoms with Gasteiger partial charge in [0, 0.05) is 22.5 Å². The zero-order valence-electron chi connectivity index (χ0n) is 15.3. The lowest BCUT2D eigenvalue weighted by Gasteiger charge is -2.15. The number of phenolic OH excluding ortho intramolecular Hbond substituents is 2. The number of nitrogens with one attached hydrogen (secondary N) is 1. The van der Waals surface area contributed by atoms with Crippen molar-refractivity contribution in [1.29, 1.82) is 0 Å². The molecule has 29 heavy (non-hydrogen) atoms. The van der Waals surface area contributed by atoms with E-state index in [1.807, 2.05) is 0 Å². The zero-order chi connectivity index (χ0) is 20.5. The van der Waals surface area contributed by atoms with E-state index in [0.29, 0.717) is 28.0 Å². The second-order valence-corrected chi connectivity index (χ2v) is 6.44. The third-order valence-corrected chi connectivity index (χ3v) is 4.51. The van der Waals surface area contributed by atoms with Crippen LogP contribution in [0.3, 0.4) is 0 Å². The Morgan fingerprint density at radius 2 is 1.76 bits per heavy atom. The van der Waals surface area contributed by atoms with Gasteiger partial charge in [-0.1, -0.05) is 24.3 Å². The largest absolute Gasteiger partial charge is 0.507 e. The van der Waals surface area contributed by atoms with Crippen molar-refractivity contribution < 1.29 is 34.0 Å². The summed E-state index contributed by atoms with van der Waals surface area (Å²) in [5.41, 5.74) is 0.220. The lowest BCUT2D eigenvalue weighted by molar-refractivity contribution is -0.123. The average molecular weight is 395 g/mol. The number of carbonyl (C=O) groups excluding carboxylic acids is 2. The van der Waals surface area contributed by atoms with Crippen molar-refractivity contribution in [3.05, 3.63) is 54.1 Å². The molecule has 0 aliphatic carbocycles. The fraction of sp³-hybridized carbons (Fsp3) is 0.143. The molecule has 3 aromatic carbocycles. The number of anilines is 1. The molecule has 3 aromatic rings. The molecule has 8 heteroatoms. The van der Waals surface area contributed by atoms with Crippen LogP contribution >= 0.6 is 0 Å². The molecule has 0 spiro atoms. The van der Waals surface area contributed by atoms with Crippen LogP contribution in [0, 0.1) is 0 Å². The van der Waals surface area contributed by atoms with Crippen LogP contribution in [0.4, 0.5) is 5.69 Å². The van der Waals surface area contributed by atoms with Gasteiger partial charge in [0.2, 0.25) is 6.79 Å². The Balaban J connectivity index is 1.49. The van der Waals surface area contributed by atoms with E-state index >= 15 is 0 Å². The van der Waals surface area contributed by atoms with Crippen molar-refractivity contribution in [2.45, 2.75) is 13.0 Å². The Kier molecular flexibility index (Phi) is 4.59. The molecule has 4 rings (SSSR count). The van der Waals surface area contributed by atoms with Crippen molar-refractivity contribution in [1.82, 2.24) is 0 Å². The van der Waals surface area contributed by atoms with Crippen molar-refractivity contribution in [2.75, 3.05) is 12.1 Å².